The predicted molar refractivity (Wildman–Crippen MR) is 190 cm³/mol. The zero-order valence-electron chi connectivity index (χ0n) is 28.7. The molecule has 3 aliphatic rings. The van der Waals surface area contributed by atoms with Crippen molar-refractivity contribution in [3.63, 3.8) is 0 Å². The van der Waals surface area contributed by atoms with Crippen LogP contribution in [-0.2, 0) is 24.4 Å². The molecule has 0 amide bonds. The first-order valence-electron chi connectivity index (χ1n) is 15.8. The summed E-state index contributed by atoms with van der Waals surface area (Å²) in [5, 5.41) is 17.7. The number of nitriles is 1. The minimum atomic E-state index is -0.296. The molecule has 2 atom stereocenters. The van der Waals surface area contributed by atoms with Crippen molar-refractivity contribution in [2.24, 2.45) is 0 Å². The van der Waals surface area contributed by atoms with Crippen LogP contribution in [0.1, 0.15) is 78.1 Å². The molecule has 12 heteroatoms. The lowest BCUT2D eigenvalue weighted by Crippen LogP contribution is -2.45. The van der Waals surface area contributed by atoms with Gasteiger partial charge in [0.25, 0.3) is 0 Å². The van der Waals surface area contributed by atoms with Gasteiger partial charge in [-0.15, -0.1) is 0 Å². The zero-order chi connectivity index (χ0) is 34.5. The van der Waals surface area contributed by atoms with E-state index in [1.165, 1.54) is 26.3 Å². The molecule has 1 aromatic heterocycles. The molecular formula is C33H55BrClN7O3. The van der Waals surface area contributed by atoms with E-state index in [4.69, 9.17) is 16.9 Å². The van der Waals surface area contributed by atoms with Gasteiger partial charge in [-0.3, -0.25) is 4.90 Å². The summed E-state index contributed by atoms with van der Waals surface area (Å²) in [6, 6.07) is 7.57. The Morgan fingerprint density at radius 1 is 1.16 bits per heavy atom. The van der Waals surface area contributed by atoms with Crippen LogP contribution in [-0.4, -0.2) is 93.7 Å². The number of likely N-dealkylation sites (N-methyl/N-ethyl adjacent to an activating group) is 1. The van der Waals surface area contributed by atoms with E-state index in [1.807, 2.05) is 27.7 Å². The van der Waals surface area contributed by atoms with E-state index in [9.17, 15) is 14.7 Å². The summed E-state index contributed by atoms with van der Waals surface area (Å²) in [4.78, 5) is 37.8. The molecule has 5 rings (SSSR count). The van der Waals surface area contributed by atoms with Crippen LogP contribution in [0, 0.1) is 11.3 Å². The number of alkyl halides is 1. The zero-order valence-corrected chi connectivity index (χ0v) is 31.1. The van der Waals surface area contributed by atoms with Crippen molar-refractivity contribution >= 4 is 39.6 Å². The smallest absolute Gasteiger partial charge is 0.347 e. The summed E-state index contributed by atoms with van der Waals surface area (Å²) in [5.41, 5.74) is 2.59. The van der Waals surface area contributed by atoms with Crippen molar-refractivity contribution in [1.82, 2.24) is 24.7 Å². The van der Waals surface area contributed by atoms with Crippen LogP contribution in [0.3, 0.4) is 0 Å². The molecule has 0 spiro atoms. The number of phenols is 1. The van der Waals surface area contributed by atoms with Gasteiger partial charge in [0.15, 0.2) is 0 Å². The Bertz CT molecular complexity index is 1210. The monoisotopic (exact) mass is 711 g/mol. The Kier molecular flexibility index (Phi) is 22.5. The number of phenolic OH excluding ortho intramolecular Hbond substituents is 1. The molecular weight excluding hydrogens is 658 g/mol. The molecule has 1 aromatic carbocycles. The van der Waals surface area contributed by atoms with Crippen molar-refractivity contribution in [3.05, 3.63) is 50.5 Å². The maximum Gasteiger partial charge on any atom is 0.347 e. The number of H-pyrrole nitrogens is 1. The van der Waals surface area contributed by atoms with Crippen LogP contribution < -0.4 is 10.6 Å². The minimum Gasteiger partial charge on any atom is -0.508 e. The SMILES string of the molecule is CC.CC.CC#N.CC(Br)C=O.CN1CCN(c2nc(=O)[nH]c3c2CN(Cc2cc(O)ccc2Cl)C3)CC1.C[C@@H]1CCCN1C. The first-order chi connectivity index (χ1) is 21.5. The quantitative estimate of drug-likeness (QED) is 0.289. The number of fused-ring (bicyclic) bond motifs is 1. The van der Waals surface area contributed by atoms with Gasteiger partial charge in [-0.05, 0) is 71.1 Å². The third-order valence-electron chi connectivity index (χ3n) is 7.16. The number of likely N-dealkylation sites (tertiary alicyclic amines) is 1. The number of carbonyl (C=O) groups excluding carboxylic acids is 1. The summed E-state index contributed by atoms with van der Waals surface area (Å²) in [7, 11) is 4.30. The fraction of sp³-hybridized carbons (Fsp3) is 0.636. The number of hydrogen-bond acceptors (Lipinski definition) is 9. The van der Waals surface area contributed by atoms with Gasteiger partial charge < -0.3 is 29.6 Å². The number of anilines is 1. The molecule has 2 N–H and O–H groups in total. The van der Waals surface area contributed by atoms with E-state index in [0.29, 0.717) is 24.7 Å². The molecule has 0 aliphatic carbocycles. The van der Waals surface area contributed by atoms with E-state index < -0.39 is 0 Å². The lowest BCUT2D eigenvalue weighted by molar-refractivity contribution is -0.107. The van der Waals surface area contributed by atoms with Crippen LogP contribution in [0.15, 0.2) is 23.0 Å². The molecule has 2 saturated heterocycles. The Labute approximate surface area is 284 Å². The van der Waals surface area contributed by atoms with Gasteiger partial charge in [-0.1, -0.05) is 55.2 Å². The van der Waals surface area contributed by atoms with Crippen molar-refractivity contribution in [1.29, 1.82) is 5.26 Å². The average Bonchev–Trinajstić information content (AvgIpc) is 3.62. The standard InChI is InChI=1S/C18H22ClN5O2.C6H13N.C3H5BrO.C2H3N.2C2H6/c1-22-4-6-24(7-5-22)17-14-10-23(11-16(14)20-18(26)21-17)9-12-8-13(25)2-3-15(12)19;1-6-4-3-5-7(6)2;1-3(4)2-5;1-2-3;2*1-2/h2-3,8,25H,4-7,9-11H2,1H3,(H,20,21,26);6H,3-5H2,1-2H3;2-3H,1H3;1H3;2*1-2H3/t;6-;;;;/m.1..../s1. The first kappa shape index (κ1) is 42.5. The van der Waals surface area contributed by atoms with Gasteiger partial charge in [0.1, 0.15) is 17.9 Å². The number of aromatic amines is 1. The van der Waals surface area contributed by atoms with Crippen LogP contribution in [0.5, 0.6) is 5.75 Å². The van der Waals surface area contributed by atoms with Crippen LogP contribution in [0.4, 0.5) is 5.82 Å². The second-order valence-electron chi connectivity index (χ2n) is 10.5. The fourth-order valence-electron chi connectivity index (χ4n) is 4.73. The van der Waals surface area contributed by atoms with E-state index in [-0.39, 0.29) is 16.3 Å². The maximum atomic E-state index is 12.0. The van der Waals surface area contributed by atoms with Gasteiger partial charge in [-0.25, -0.2) is 4.79 Å². The van der Waals surface area contributed by atoms with Crippen molar-refractivity contribution in [3.8, 4) is 11.8 Å². The minimum absolute atomic E-state index is 0.0162. The van der Waals surface area contributed by atoms with Gasteiger partial charge in [-0.2, -0.15) is 10.2 Å². The normalized spacial score (nSPS) is 17.9. The number of carbonyl (C=O) groups is 1. The molecule has 45 heavy (non-hydrogen) atoms. The predicted octanol–water partition coefficient (Wildman–Crippen LogP) is 6.05. The summed E-state index contributed by atoms with van der Waals surface area (Å²) in [6.07, 6.45) is 3.63. The van der Waals surface area contributed by atoms with Gasteiger partial charge in [0.2, 0.25) is 0 Å². The molecule has 0 radical (unpaired) electrons. The number of aldehydes is 1. The number of piperazine rings is 1. The van der Waals surface area contributed by atoms with Crippen LogP contribution in [0.2, 0.25) is 5.02 Å². The highest BCUT2D eigenvalue weighted by atomic mass is 79.9. The Hall–Kier alpha value is -2.49. The lowest BCUT2D eigenvalue weighted by atomic mass is 10.2. The summed E-state index contributed by atoms with van der Waals surface area (Å²) in [6.45, 7) is 20.4. The third-order valence-corrected chi connectivity index (χ3v) is 7.75. The van der Waals surface area contributed by atoms with Gasteiger partial charge >= 0.3 is 5.69 Å². The highest BCUT2D eigenvalue weighted by Gasteiger charge is 2.28. The summed E-state index contributed by atoms with van der Waals surface area (Å²) < 4.78 is 0. The number of nitrogens with zero attached hydrogens (tertiary/aromatic N) is 6. The number of hydrogen-bond donors (Lipinski definition) is 2. The van der Waals surface area contributed by atoms with E-state index in [0.717, 1.165) is 61.1 Å². The molecule has 2 fully saturated rings. The molecule has 4 heterocycles. The van der Waals surface area contributed by atoms with E-state index in [1.54, 1.807) is 31.2 Å². The largest absolute Gasteiger partial charge is 0.508 e. The molecule has 3 aliphatic heterocycles. The first-order valence-corrected chi connectivity index (χ1v) is 17.1. The third kappa shape index (κ3) is 15.6. The average molecular weight is 713 g/mol. The molecule has 2 aromatic rings. The van der Waals surface area contributed by atoms with E-state index in [2.05, 4.69) is 66.5 Å². The van der Waals surface area contributed by atoms with Crippen LogP contribution in [0.25, 0.3) is 0 Å². The highest BCUT2D eigenvalue weighted by Crippen LogP contribution is 2.31. The molecule has 0 saturated carbocycles. The molecule has 10 nitrogen and oxygen atoms in total. The Balaban J connectivity index is 0.000000838. The summed E-state index contributed by atoms with van der Waals surface area (Å²) >= 11 is 9.26. The summed E-state index contributed by atoms with van der Waals surface area (Å²) in [5.74, 6) is 1.01. The number of rotatable bonds is 4. The number of aromatic hydroxyl groups is 1. The molecule has 1 unspecified atom stereocenters. The second-order valence-corrected chi connectivity index (χ2v) is 12.4. The Morgan fingerprint density at radius 3 is 2.20 bits per heavy atom. The van der Waals surface area contributed by atoms with Gasteiger partial charge in [0.05, 0.1) is 10.9 Å². The molecule has 254 valence electrons. The molecule has 0 bridgehead atoms. The van der Waals surface area contributed by atoms with Gasteiger partial charge in [0, 0.05) is 75.1 Å². The maximum absolute atomic E-state index is 12.0. The number of nitrogens with one attached hydrogen (secondary N) is 1. The van der Waals surface area contributed by atoms with E-state index >= 15 is 0 Å². The number of aromatic nitrogens is 2. The number of benzene rings is 1. The van der Waals surface area contributed by atoms with Crippen molar-refractivity contribution in [2.75, 3.05) is 51.7 Å². The second kappa shape index (κ2) is 23.8. The highest BCUT2D eigenvalue weighted by molar-refractivity contribution is 9.09. The topological polar surface area (TPSA) is 120 Å². The van der Waals surface area contributed by atoms with Crippen molar-refractivity contribution in [2.45, 2.75) is 91.8 Å². The van der Waals surface area contributed by atoms with Crippen LogP contribution >= 0.6 is 27.5 Å². The fourth-order valence-corrected chi connectivity index (χ4v) is 4.90. The lowest BCUT2D eigenvalue weighted by Gasteiger charge is -2.34. The van der Waals surface area contributed by atoms with Crippen molar-refractivity contribution < 1.29 is 9.90 Å². The number of halogens is 2. The Morgan fingerprint density at radius 2 is 1.73 bits per heavy atom.